The number of nitrogens with two attached hydrogens (primary N) is 1. The zero-order valence-electron chi connectivity index (χ0n) is 9.63. The topological polar surface area (TPSA) is 55.1 Å². The number of nitrogens with one attached hydrogen (secondary N) is 1. The van der Waals surface area contributed by atoms with Gasteiger partial charge in [0, 0.05) is 31.1 Å². The molecule has 0 heterocycles. The Hall–Kier alpha value is -1.95. The SMILES string of the molecule is CC(=O)NCCC#Cc1ccc(C)cc1N. The molecule has 3 N–H and O–H groups in total. The van der Waals surface area contributed by atoms with Gasteiger partial charge in [-0.05, 0) is 24.6 Å². The van der Waals surface area contributed by atoms with Crippen LogP contribution >= 0.6 is 0 Å². The van der Waals surface area contributed by atoms with Crippen LogP contribution in [0.1, 0.15) is 24.5 Å². The first-order chi connectivity index (χ1) is 7.59. The summed E-state index contributed by atoms with van der Waals surface area (Å²) in [5.74, 6) is 5.93. The van der Waals surface area contributed by atoms with Crippen molar-refractivity contribution in [1.82, 2.24) is 5.32 Å². The molecule has 0 spiro atoms. The molecule has 0 saturated heterocycles. The highest BCUT2D eigenvalue weighted by Gasteiger charge is 1.94. The highest BCUT2D eigenvalue weighted by molar-refractivity contribution is 5.72. The van der Waals surface area contributed by atoms with Gasteiger partial charge in [0.1, 0.15) is 0 Å². The van der Waals surface area contributed by atoms with E-state index in [0.29, 0.717) is 18.7 Å². The second-order valence-corrected chi connectivity index (χ2v) is 3.63. The summed E-state index contributed by atoms with van der Waals surface area (Å²) in [6.45, 7) is 4.06. The molecular formula is C13H16N2O. The van der Waals surface area contributed by atoms with Crippen LogP contribution in [0.2, 0.25) is 0 Å². The Morgan fingerprint density at radius 2 is 2.25 bits per heavy atom. The standard InChI is InChI=1S/C13H16N2O/c1-10-6-7-12(13(14)9-10)5-3-4-8-15-11(2)16/h6-7,9H,4,8,14H2,1-2H3,(H,15,16). The van der Waals surface area contributed by atoms with Gasteiger partial charge in [-0.15, -0.1) is 0 Å². The van der Waals surface area contributed by atoms with E-state index >= 15 is 0 Å². The minimum atomic E-state index is -0.0309. The normalized spacial score (nSPS) is 9.12. The van der Waals surface area contributed by atoms with E-state index in [2.05, 4.69) is 17.2 Å². The van der Waals surface area contributed by atoms with Crippen molar-refractivity contribution in [3.8, 4) is 11.8 Å². The van der Waals surface area contributed by atoms with Crippen molar-refractivity contribution in [2.24, 2.45) is 0 Å². The number of nitrogen functional groups attached to an aromatic ring is 1. The van der Waals surface area contributed by atoms with Crippen LogP contribution in [0.15, 0.2) is 18.2 Å². The first kappa shape index (κ1) is 12.1. The molecule has 3 nitrogen and oxygen atoms in total. The average Bonchev–Trinajstić information content (AvgIpc) is 2.20. The van der Waals surface area contributed by atoms with Crippen molar-refractivity contribution in [1.29, 1.82) is 0 Å². The minimum absolute atomic E-state index is 0.0309. The van der Waals surface area contributed by atoms with E-state index < -0.39 is 0 Å². The molecule has 1 amide bonds. The number of hydrogen-bond donors (Lipinski definition) is 2. The molecule has 0 bridgehead atoms. The van der Waals surface area contributed by atoms with Crippen molar-refractivity contribution in [3.63, 3.8) is 0 Å². The van der Waals surface area contributed by atoms with E-state index in [1.807, 2.05) is 25.1 Å². The summed E-state index contributed by atoms with van der Waals surface area (Å²) in [6.07, 6.45) is 0.632. The number of aryl methyl sites for hydroxylation is 1. The average molecular weight is 216 g/mol. The third kappa shape index (κ3) is 4.05. The summed E-state index contributed by atoms with van der Waals surface area (Å²) in [4.78, 5) is 10.6. The summed E-state index contributed by atoms with van der Waals surface area (Å²) in [7, 11) is 0. The molecule has 0 aromatic heterocycles. The second-order valence-electron chi connectivity index (χ2n) is 3.63. The van der Waals surface area contributed by atoms with E-state index in [9.17, 15) is 4.79 Å². The maximum absolute atomic E-state index is 10.6. The Labute approximate surface area is 96.0 Å². The van der Waals surface area contributed by atoms with Crippen LogP contribution in [0.5, 0.6) is 0 Å². The fraction of sp³-hybridized carbons (Fsp3) is 0.308. The summed E-state index contributed by atoms with van der Waals surface area (Å²) < 4.78 is 0. The van der Waals surface area contributed by atoms with Crippen LogP contribution in [-0.2, 0) is 4.79 Å². The van der Waals surface area contributed by atoms with Gasteiger partial charge in [0.15, 0.2) is 0 Å². The van der Waals surface area contributed by atoms with Gasteiger partial charge in [0.2, 0.25) is 5.91 Å². The number of anilines is 1. The minimum Gasteiger partial charge on any atom is -0.398 e. The molecule has 0 atom stereocenters. The second kappa shape index (κ2) is 5.82. The predicted molar refractivity (Wildman–Crippen MR) is 65.8 cm³/mol. The lowest BCUT2D eigenvalue weighted by atomic mass is 10.1. The molecule has 16 heavy (non-hydrogen) atoms. The number of hydrogen-bond acceptors (Lipinski definition) is 2. The molecular weight excluding hydrogens is 200 g/mol. The summed E-state index contributed by atoms with van der Waals surface area (Å²) >= 11 is 0. The molecule has 3 heteroatoms. The maximum Gasteiger partial charge on any atom is 0.216 e. The van der Waals surface area contributed by atoms with E-state index in [1.54, 1.807) is 0 Å². The quantitative estimate of drug-likeness (QED) is 0.446. The van der Waals surface area contributed by atoms with Crippen molar-refractivity contribution in [3.05, 3.63) is 29.3 Å². The van der Waals surface area contributed by atoms with Gasteiger partial charge >= 0.3 is 0 Å². The predicted octanol–water partition coefficient (Wildman–Crippen LogP) is 1.45. The number of benzene rings is 1. The largest absolute Gasteiger partial charge is 0.398 e. The van der Waals surface area contributed by atoms with Crippen molar-refractivity contribution >= 4 is 11.6 Å². The summed E-state index contributed by atoms with van der Waals surface area (Å²) in [5, 5.41) is 2.68. The highest BCUT2D eigenvalue weighted by atomic mass is 16.1. The van der Waals surface area contributed by atoms with Gasteiger partial charge in [0.05, 0.1) is 0 Å². The van der Waals surface area contributed by atoms with Crippen LogP contribution in [0.25, 0.3) is 0 Å². The molecule has 0 aliphatic heterocycles. The zero-order valence-corrected chi connectivity index (χ0v) is 9.63. The van der Waals surface area contributed by atoms with Crippen LogP contribution in [0, 0.1) is 18.8 Å². The Bertz CT molecular complexity index is 441. The lowest BCUT2D eigenvalue weighted by molar-refractivity contribution is -0.118. The fourth-order valence-corrected chi connectivity index (χ4v) is 1.25. The van der Waals surface area contributed by atoms with Crippen molar-refractivity contribution in [2.75, 3.05) is 12.3 Å². The van der Waals surface area contributed by atoms with E-state index in [4.69, 9.17) is 5.73 Å². The lowest BCUT2D eigenvalue weighted by Crippen LogP contribution is -2.20. The Kier molecular flexibility index (Phi) is 4.41. The first-order valence-corrected chi connectivity index (χ1v) is 5.19. The number of amides is 1. The third-order valence-corrected chi connectivity index (χ3v) is 2.05. The van der Waals surface area contributed by atoms with E-state index in [1.165, 1.54) is 6.92 Å². The van der Waals surface area contributed by atoms with Gasteiger partial charge in [0.25, 0.3) is 0 Å². The van der Waals surface area contributed by atoms with E-state index in [-0.39, 0.29) is 5.91 Å². The van der Waals surface area contributed by atoms with Crippen molar-refractivity contribution in [2.45, 2.75) is 20.3 Å². The molecule has 0 saturated carbocycles. The maximum atomic E-state index is 10.6. The van der Waals surface area contributed by atoms with Crippen LogP contribution < -0.4 is 11.1 Å². The summed E-state index contributed by atoms with van der Waals surface area (Å²) in [5.41, 5.74) is 8.48. The van der Waals surface area contributed by atoms with Crippen molar-refractivity contribution < 1.29 is 4.79 Å². The van der Waals surface area contributed by atoms with Gasteiger partial charge in [-0.1, -0.05) is 17.9 Å². The molecule has 0 aliphatic carbocycles. The number of carbonyl (C=O) groups is 1. The monoisotopic (exact) mass is 216 g/mol. The Morgan fingerprint density at radius 1 is 1.50 bits per heavy atom. The Morgan fingerprint density at radius 3 is 2.88 bits per heavy atom. The molecule has 0 unspecified atom stereocenters. The van der Waals surface area contributed by atoms with Gasteiger partial charge < -0.3 is 11.1 Å². The lowest BCUT2D eigenvalue weighted by Gasteiger charge is -1.99. The van der Waals surface area contributed by atoms with Crippen LogP contribution in [0.4, 0.5) is 5.69 Å². The summed E-state index contributed by atoms with van der Waals surface area (Å²) in [6, 6.07) is 5.79. The van der Waals surface area contributed by atoms with E-state index in [0.717, 1.165) is 11.1 Å². The zero-order chi connectivity index (χ0) is 12.0. The Balaban J connectivity index is 2.53. The molecule has 0 aliphatic rings. The van der Waals surface area contributed by atoms with Crippen LogP contribution in [-0.4, -0.2) is 12.5 Å². The molecule has 84 valence electrons. The molecule has 1 aromatic carbocycles. The molecule has 1 aromatic rings. The smallest absolute Gasteiger partial charge is 0.216 e. The number of carbonyl (C=O) groups excluding carboxylic acids is 1. The molecule has 0 radical (unpaired) electrons. The first-order valence-electron chi connectivity index (χ1n) is 5.19. The van der Waals surface area contributed by atoms with Gasteiger partial charge in [-0.2, -0.15) is 0 Å². The fourth-order valence-electron chi connectivity index (χ4n) is 1.25. The highest BCUT2D eigenvalue weighted by Crippen LogP contribution is 2.11. The number of rotatable bonds is 2. The van der Waals surface area contributed by atoms with Crippen LogP contribution in [0.3, 0.4) is 0 Å². The third-order valence-electron chi connectivity index (χ3n) is 2.05. The molecule has 1 rings (SSSR count). The molecule has 0 fully saturated rings. The van der Waals surface area contributed by atoms with Gasteiger partial charge in [-0.3, -0.25) is 4.79 Å². The van der Waals surface area contributed by atoms with Gasteiger partial charge in [-0.25, -0.2) is 0 Å².